The number of amides is 10. The van der Waals surface area contributed by atoms with Gasteiger partial charge in [0.2, 0.25) is 59.1 Å². The van der Waals surface area contributed by atoms with E-state index in [0.29, 0.717) is 96.9 Å². The second kappa shape index (κ2) is 39.0. The summed E-state index contributed by atoms with van der Waals surface area (Å²) in [5.41, 5.74) is 28.8. The Morgan fingerprint density at radius 3 is 0.467 bits per heavy atom. The molecule has 0 spiro atoms. The van der Waals surface area contributed by atoms with Crippen molar-refractivity contribution in [1.29, 1.82) is 0 Å². The van der Waals surface area contributed by atoms with Crippen LogP contribution >= 0.6 is 0 Å². The van der Waals surface area contributed by atoms with Crippen molar-refractivity contribution in [2.24, 2.45) is 28.7 Å². The van der Waals surface area contributed by atoms with Crippen LogP contribution in [-0.4, -0.2) is 152 Å². The largest absolute Gasteiger partial charge is 0.343 e. The first-order chi connectivity index (χ1) is 35.9. The van der Waals surface area contributed by atoms with Crippen LogP contribution in [0.2, 0.25) is 0 Å². The summed E-state index contributed by atoms with van der Waals surface area (Å²) in [6.45, 7) is 9.78. The molecule has 25 heteroatoms. The Balaban J connectivity index is 3.94. The molecule has 10 atom stereocenters. The van der Waals surface area contributed by atoms with E-state index in [-0.39, 0.29) is 64.2 Å². The molecule has 1 heterocycles. The zero-order valence-corrected chi connectivity index (χ0v) is 45.4. The molecular formula is C50H95N15O10. The summed E-state index contributed by atoms with van der Waals surface area (Å²) in [6, 6.07) is -11.8. The molecule has 0 unspecified atom stereocenters. The highest BCUT2D eigenvalue weighted by Gasteiger charge is 2.35. The van der Waals surface area contributed by atoms with Gasteiger partial charge in [-0.3, -0.25) is 47.9 Å². The van der Waals surface area contributed by atoms with E-state index in [0.717, 1.165) is 0 Å². The lowest BCUT2D eigenvalue weighted by atomic mass is 10.0. The monoisotopic (exact) mass is 1070 g/mol. The lowest BCUT2D eigenvalue weighted by Crippen LogP contribution is -2.61. The molecule has 25 nitrogen and oxygen atoms in total. The lowest BCUT2D eigenvalue weighted by Gasteiger charge is -2.28. The minimum atomic E-state index is -1.18. The van der Waals surface area contributed by atoms with Crippen LogP contribution in [-0.2, 0) is 47.9 Å². The van der Waals surface area contributed by atoms with Crippen molar-refractivity contribution < 1.29 is 47.9 Å². The van der Waals surface area contributed by atoms with Crippen molar-refractivity contribution in [3.05, 3.63) is 0 Å². The Labute approximate surface area is 443 Å². The Hall–Kier alpha value is -5.50. The van der Waals surface area contributed by atoms with Gasteiger partial charge in [0.25, 0.3) is 0 Å². The first-order valence-electron chi connectivity index (χ1n) is 27.5. The molecule has 10 amide bonds. The van der Waals surface area contributed by atoms with E-state index < -0.39 is 119 Å². The van der Waals surface area contributed by atoms with Crippen LogP contribution in [0, 0.1) is 0 Å². The highest BCUT2D eigenvalue weighted by atomic mass is 16.2. The topological polar surface area (TPSA) is 421 Å². The van der Waals surface area contributed by atoms with Gasteiger partial charge in [0.1, 0.15) is 60.4 Å². The second-order valence-corrected chi connectivity index (χ2v) is 19.1. The molecule has 1 fully saturated rings. The van der Waals surface area contributed by atoms with Crippen LogP contribution in [0.1, 0.15) is 163 Å². The number of carbonyl (C=O) groups is 10. The van der Waals surface area contributed by atoms with Crippen molar-refractivity contribution in [2.45, 2.75) is 223 Å². The maximum Gasteiger partial charge on any atom is 0.243 e. The first-order valence-corrected chi connectivity index (χ1v) is 27.5. The summed E-state index contributed by atoms with van der Waals surface area (Å²) in [4.78, 5) is 140. The van der Waals surface area contributed by atoms with Gasteiger partial charge in [-0.1, -0.05) is 34.6 Å². The zero-order chi connectivity index (χ0) is 56.3. The second-order valence-electron chi connectivity index (χ2n) is 19.1. The number of nitrogens with one attached hydrogen (secondary N) is 10. The average Bonchev–Trinajstić information content (AvgIpc) is 3.39. The molecule has 75 heavy (non-hydrogen) atoms. The molecule has 1 aliphatic rings. The third-order valence-corrected chi connectivity index (χ3v) is 13.1. The molecule has 1 rings (SSSR count). The predicted octanol–water partition coefficient (Wildman–Crippen LogP) is -2.46. The Morgan fingerprint density at radius 2 is 0.347 bits per heavy atom. The van der Waals surface area contributed by atoms with E-state index in [4.69, 9.17) is 28.7 Å². The number of carbonyl (C=O) groups excluding carboxylic acids is 10. The zero-order valence-electron chi connectivity index (χ0n) is 45.4. The molecule has 0 aromatic rings. The van der Waals surface area contributed by atoms with Crippen LogP contribution in [0.3, 0.4) is 0 Å². The van der Waals surface area contributed by atoms with E-state index in [1.807, 2.05) is 0 Å². The van der Waals surface area contributed by atoms with Gasteiger partial charge in [0.15, 0.2) is 0 Å². The molecule has 0 bridgehead atoms. The number of unbranched alkanes of at least 4 members (excludes halogenated alkanes) is 5. The van der Waals surface area contributed by atoms with E-state index in [1.165, 1.54) is 0 Å². The predicted molar refractivity (Wildman–Crippen MR) is 285 cm³/mol. The van der Waals surface area contributed by atoms with E-state index in [9.17, 15) is 47.9 Å². The van der Waals surface area contributed by atoms with Gasteiger partial charge in [-0.2, -0.15) is 0 Å². The highest BCUT2D eigenvalue weighted by molar-refractivity contribution is 5.99. The first kappa shape index (κ1) is 67.5. The molecule has 0 aromatic carbocycles. The SMILES string of the molecule is CC[C@@H]1NC(=O)[C@H](CCCCN)NC(=O)[C@H](CC)NC(=O)[C@H](CCCCN)NC(=O)[C@H](CC)NC(=O)[C@H](CCCCN)NC(=O)[C@H](CC)NC(=O)[C@H](CCCCN)NC(=O)[C@H](CC)NC(=O)[C@H](CCCCN)NC1=O. The summed E-state index contributed by atoms with van der Waals surface area (Å²) in [6.07, 6.45) is 5.63. The van der Waals surface area contributed by atoms with Crippen LogP contribution < -0.4 is 81.8 Å². The summed E-state index contributed by atoms with van der Waals surface area (Å²) in [5.74, 6) is -7.04. The molecule has 1 saturated heterocycles. The summed E-state index contributed by atoms with van der Waals surface area (Å²) in [7, 11) is 0. The van der Waals surface area contributed by atoms with Gasteiger partial charge >= 0.3 is 0 Å². The fraction of sp³-hybridized carbons (Fsp3) is 0.800. The third kappa shape index (κ3) is 25.3. The third-order valence-electron chi connectivity index (χ3n) is 13.1. The fourth-order valence-electron chi connectivity index (χ4n) is 8.30. The van der Waals surface area contributed by atoms with Crippen molar-refractivity contribution in [1.82, 2.24) is 53.2 Å². The summed E-state index contributed by atoms with van der Waals surface area (Å²) >= 11 is 0. The standard InChI is InChI=1S/C50H95N15O10/c1-6-31-41(66)61-37(22-12-17-27-52)47(72)57-33(8-3)43(68)63-39(24-14-19-29-54)49(74)59-35(10-5)45(70)65-40(25-15-20-30-55)50(75)60-34(9-4)44(69)64-38(23-13-18-28-53)48(73)58-32(7-2)42(67)62-36(46(71)56-31)21-11-16-26-51/h31-40H,6-30,51-55H2,1-5H3,(H,56,71)(H,57,72)(H,58,73)(H,59,74)(H,60,75)(H,61,66)(H,62,67)(H,63,68)(H,64,69)(H,65,70)/t31-,32-,33-,34-,35-,36-,37-,38-,39-,40-/m0/s1. The molecule has 0 saturated carbocycles. The van der Waals surface area contributed by atoms with Crippen molar-refractivity contribution in [3.63, 3.8) is 0 Å². The summed E-state index contributed by atoms with van der Waals surface area (Å²) in [5, 5.41) is 27.2. The average molecular weight is 1070 g/mol. The minimum Gasteiger partial charge on any atom is -0.343 e. The molecule has 0 radical (unpaired) electrons. The molecule has 1 aliphatic heterocycles. The summed E-state index contributed by atoms with van der Waals surface area (Å²) < 4.78 is 0. The maximum absolute atomic E-state index is 14.0. The van der Waals surface area contributed by atoms with E-state index >= 15 is 0 Å². The number of nitrogens with two attached hydrogens (primary N) is 5. The van der Waals surface area contributed by atoms with Crippen LogP contribution in [0.4, 0.5) is 0 Å². The van der Waals surface area contributed by atoms with Gasteiger partial charge in [-0.15, -0.1) is 0 Å². The maximum atomic E-state index is 14.0. The molecule has 0 aliphatic carbocycles. The van der Waals surface area contributed by atoms with E-state index in [1.54, 1.807) is 34.6 Å². The van der Waals surface area contributed by atoms with Crippen molar-refractivity contribution in [3.8, 4) is 0 Å². The molecular weight excluding hydrogens is 971 g/mol. The normalized spacial score (nSPS) is 26.0. The van der Waals surface area contributed by atoms with Gasteiger partial charge in [-0.05, 0) is 161 Å². The molecule has 430 valence electrons. The van der Waals surface area contributed by atoms with Gasteiger partial charge < -0.3 is 81.8 Å². The minimum absolute atomic E-state index is 0.0785. The Morgan fingerprint density at radius 1 is 0.227 bits per heavy atom. The number of rotatable bonds is 25. The van der Waals surface area contributed by atoms with Gasteiger partial charge in [0, 0.05) is 0 Å². The van der Waals surface area contributed by atoms with E-state index in [2.05, 4.69) is 53.2 Å². The Bertz CT molecular complexity index is 1500. The lowest BCUT2D eigenvalue weighted by molar-refractivity contribution is -0.137. The van der Waals surface area contributed by atoms with Crippen LogP contribution in [0.25, 0.3) is 0 Å². The van der Waals surface area contributed by atoms with Gasteiger partial charge in [0.05, 0.1) is 0 Å². The smallest absolute Gasteiger partial charge is 0.243 e. The van der Waals surface area contributed by atoms with Crippen molar-refractivity contribution >= 4 is 59.1 Å². The Kier molecular flexibility index (Phi) is 35.1. The quantitative estimate of drug-likeness (QED) is 0.0422. The van der Waals surface area contributed by atoms with Crippen LogP contribution in [0.5, 0.6) is 0 Å². The number of hydrogen-bond donors (Lipinski definition) is 15. The van der Waals surface area contributed by atoms with Gasteiger partial charge in [-0.25, -0.2) is 0 Å². The molecule has 0 aromatic heterocycles. The highest BCUT2D eigenvalue weighted by Crippen LogP contribution is 2.11. The molecule has 20 N–H and O–H groups in total. The van der Waals surface area contributed by atoms with Crippen LogP contribution in [0.15, 0.2) is 0 Å². The van der Waals surface area contributed by atoms with Crippen molar-refractivity contribution in [2.75, 3.05) is 32.7 Å². The number of hydrogen-bond acceptors (Lipinski definition) is 15. The fourth-order valence-corrected chi connectivity index (χ4v) is 8.30.